The molecule has 14 heavy (non-hydrogen) atoms. The number of benzene rings is 1. The monoisotopic (exact) mass is 195 g/mol. The minimum atomic E-state index is 0.212. The van der Waals surface area contributed by atoms with Crippen molar-refractivity contribution in [2.75, 3.05) is 13.7 Å². The highest BCUT2D eigenvalue weighted by molar-refractivity contribution is 5.13. The van der Waals surface area contributed by atoms with Gasteiger partial charge in [-0.25, -0.2) is 0 Å². The minimum Gasteiger partial charge on any atom is -0.383 e. The molecule has 0 radical (unpaired) electrons. The standard InChI is InChI=1S/C11H17NO2/c1-10(8-13-2)12-14-9-11-6-4-3-5-7-11/h3-7,10,12H,8-9H2,1-2H3. The SMILES string of the molecule is COCC(C)NOCc1ccccc1. The summed E-state index contributed by atoms with van der Waals surface area (Å²) in [5.74, 6) is 0. The first-order valence-corrected chi connectivity index (χ1v) is 4.73. The van der Waals surface area contributed by atoms with Gasteiger partial charge in [0.1, 0.15) is 0 Å². The lowest BCUT2D eigenvalue weighted by molar-refractivity contribution is -0.0104. The van der Waals surface area contributed by atoms with Crippen LogP contribution >= 0.6 is 0 Å². The number of hydroxylamine groups is 1. The highest BCUT2D eigenvalue weighted by atomic mass is 16.6. The van der Waals surface area contributed by atoms with E-state index in [0.29, 0.717) is 13.2 Å². The second kappa shape index (κ2) is 6.54. The summed E-state index contributed by atoms with van der Waals surface area (Å²) in [4.78, 5) is 5.30. The molecule has 78 valence electrons. The predicted molar refractivity (Wildman–Crippen MR) is 55.7 cm³/mol. The molecule has 0 heterocycles. The second-order valence-electron chi connectivity index (χ2n) is 3.25. The third-order valence-corrected chi connectivity index (χ3v) is 1.78. The van der Waals surface area contributed by atoms with E-state index in [-0.39, 0.29) is 6.04 Å². The van der Waals surface area contributed by atoms with Crippen molar-refractivity contribution in [1.82, 2.24) is 5.48 Å². The summed E-state index contributed by atoms with van der Waals surface area (Å²) in [5, 5.41) is 0. The number of methoxy groups -OCH3 is 1. The fourth-order valence-electron chi connectivity index (χ4n) is 1.13. The second-order valence-corrected chi connectivity index (χ2v) is 3.25. The van der Waals surface area contributed by atoms with Gasteiger partial charge in [0.05, 0.1) is 19.3 Å². The molecule has 1 atom stereocenters. The van der Waals surface area contributed by atoms with Crippen LogP contribution < -0.4 is 5.48 Å². The first kappa shape index (κ1) is 11.2. The number of hydrogen-bond donors (Lipinski definition) is 1. The summed E-state index contributed by atoms with van der Waals surface area (Å²) < 4.78 is 4.96. The van der Waals surface area contributed by atoms with E-state index in [4.69, 9.17) is 9.57 Å². The molecular weight excluding hydrogens is 178 g/mol. The average Bonchev–Trinajstić information content (AvgIpc) is 2.20. The van der Waals surface area contributed by atoms with Crippen LogP contribution in [0.1, 0.15) is 12.5 Å². The topological polar surface area (TPSA) is 30.5 Å². The summed E-state index contributed by atoms with van der Waals surface area (Å²) >= 11 is 0. The zero-order chi connectivity index (χ0) is 10.2. The molecule has 0 aromatic heterocycles. The highest BCUT2D eigenvalue weighted by Crippen LogP contribution is 1.99. The Morgan fingerprint density at radius 3 is 2.64 bits per heavy atom. The summed E-state index contributed by atoms with van der Waals surface area (Å²) in [5.41, 5.74) is 4.06. The maximum Gasteiger partial charge on any atom is 0.0933 e. The van der Waals surface area contributed by atoms with Crippen LogP contribution in [0, 0.1) is 0 Å². The van der Waals surface area contributed by atoms with Crippen molar-refractivity contribution in [3.05, 3.63) is 35.9 Å². The molecule has 1 unspecified atom stereocenters. The van der Waals surface area contributed by atoms with Crippen LogP contribution in [0.15, 0.2) is 30.3 Å². The van der Waals surface area contributed by atoms with Crippen LogP contribution in [0.3, 0.4) is 0 Å². The van der Waals surface area contributed by atoms with Gasteiger partial charge in [-0.15, -0.1) is 0 Å². The number of hydrogen-bond acceptors (Lipinski definition) is 3. The van der Waals surface area contributed by atoms with Crippen molar-refractivity contribution in [1.29, 1.82) is 0 Å². The van der Waals surface area contributed by atoms with Crippen molar-refractivity contribution >= 4 is 0 Å². The molecule has 0 fully saturated rings. The van der Waals surface area contributed by atoms with Crippen molar-refractivity contribution < 1.29 is 9.57 Å². The van der Waals surface area contributed by atoms with Crippen LogP contribution in [0.4, 0.5) is 0 Å². The van der Waals surface area contributed by atoms with Crippen LogP contribution in [0.5, 0.6) is 0 Å². The highest BCUT2D eigenvalue weighted by Gasteiger charge is 1.99. The maximum atomic E-state index is 5.30. The van der Waals surface area contributed by atoms with Crippen LogP contribution in [0.2, 0.25) is 0 Å². The minimum absolute atomic E-state index is 0.212. The summed E-state index contributed by atoms with van der Waals surface area (Å²) in [6.07, 6.45) is 0. The molecule has 1 N–H and O–H groups in total. The average molecular weight is 195 g/mol. The van der Waals surface area contributed by atoms with Crippen LogP contribution in [-0.4, -0.2) is 19.8 Å². The molecule has 0 spiro atoms. The fraction of sp³-hybridized carbons (Fsp3) is 0.455. The molecule has 0 bridgehead atoms. The van der Waals surface area contributed by atoms with Crippen molar-refractivity contribution in [2.24, 2.45) is 0 Å². The van der Waals surface area contributed by atoms with Crippen LogP contribution in [0.25, 0.3) is 0 Å². The van der Waals surface area contributed by atoms with E-state index in [0.717, 1.165) is 5.56 Å². The molecule has 1 aromatic rings. The predicted octanol–water partition coefficient (Wildman–Crippen LogP) is 1.74. The van der Waals surface area contributed by atoms with E-state index in [1.807, 2.05) is 37.3 Å². The molecular formula is C11H17NO2. The molecule has 0 aliphatic rings. The molecule has 0 saturated heterocycles. The van der Waals surface area contributed by atoms with Crippen molar-refractivity contribution in [3.8, 4) is 0 Å². The van der Waals surface area contributed by atoms with Gasteiger partial charge < -0.3 is 4.74 Å². The Morgan fingerprint density at radius 2 is 2.00 bits per heavy atom. The quantitative estimate of drug-likeness (QED) is 0.701. The summed E-state index contributed by atoms with van der Waals surface area (Å²) in [7, 11) is 1.68. The Morgan fingerprint density at radius 1 is 1.29 bits per heavy atom. The lowest BCUT2D eigenvalue weighted by Gasteiger charge is -2.12. The molecule has 0 amide bonds. The zero-order valence-corrected chi connectivity index (χ0v) is 8.69. The van der Waals surface area contributed by atoms with E-state index in [2.05, 4.69) is 5.48 Å². The molecule has 3 heteroatoms. The number of rotatable bonds is 6. The van der Waals surface area contributed by atoms with Gasteiger partial charge in [-0.05, 0) is 12.5 Å². The van der Waals surface area contributed by atoms with Gasteiger partial charge in [-0.1, -0.05) is 30.3 Å². The number of ether oxygens (including phenoxy) is 1. The van der Waals surface area contributed by atoms with Gasteiger partial charge in [0.25, 0.3) is 0 Å². The largest absolute Gasteiger partial charge is 0.383 e. The van der Waals surface area contributed by atoms with Gasteiger partial charge in [-0.2, -0.15) is 5.48 Å². The summed E-state index contributed by atoms with van der Waals surface area (Å²) in [6, 6.07) is 10.3. The molecule has 0 aliphatic heterocycles. The molecule has 0 aliphatic carbocycles. The van der Waals surface area contributed by atoms with Crippen LogP contribution in [-0.2, 0) is 16.2 Å². The Bertz CT molecular complexity index is 238. The summed E-state index contributed by atoms with van der Waals surface area (Å²) in [6.45, 7) is 3.23. The Labute approximate surface area is 85.0 Å². The lowest BCUT2D eigenvalue weighted by atomic mass is 10.2. The first-order chi connectivity index (χ1) is 6.83. The third-order valence-electron chi connectivity index (χ3n) is 1.78. The lowest BCUT2D eigenvalue weighted by Crippen LogP contribution is -2.30. The van der Waals surface area contributed by atoms with Crippen molar-refractivity contribution in [2.45, 2.75) is 19.6 Å². The number of nitrogens with one attached hydrogen (secondary N) is 1. The Kier molecular flexibility index (Phi) is 5.22. The first-order valence-electron chi connectivity index (χ1n) is 4.73. The molecule has 0 saturated carbocycles. The fourth-order valence-corrected chi connectivity index (χ4v) is 1.13. The van der Waals surface area contributed by atoms with Gasteiger partial charge in [0.15, 0.2) is 0 Å². The van der Waals surface area contributed by atoms with Gasteiger partial charge in [-0.3, -0.25) is 4.84 Å². The van der Waals surface area contributed by atoms with Crippen molar-refractivity contribution in [3.63, 3.8) is 0 Å². The zero-order valence-electron chi connectivity index (χ0n) is 8.69. The van der Waals surface area contributed by atoms with E-state index < -0.39 is 0 Å². The van der Waals surface area contributed by atoms with E-state index in [9.17, 15) is 0 Å². The van der Waals surface area contributed by atoms with Gasteiger partial charge in [0, 0.05) is 7.11 Å². The van der Waals surface area contributed by atoms with E-state index in [1.165, 1.54) is 0 Å². The normalized spacial score (nSPS) is 12.7. The molecule has 3 nitrogen and oxygen atoms in total. The Balaban J connectivity index is 2.16. The maximum absolute atomic E-state index is 5.30. The molecule has 1 aromatic carbocycles. The van der Waals surface area contributed by atoms with E-state index in [1.54, 1.807) is 7.11 Å². The molecule has 1 rings (SSSR count). The third kappa shape index (κ3) is 4.37. The smallest absolute Gasteiger partial charge is 0.0933 e. The Hall–Kier alpha value is -0.900. The van der Waals surface area contributed by atoms with E-state index >= 15 is 0 Å². The van der Waals surface area contributed by atoms with Gasteiger partial charge in [0.2, 0.25) is 0 Å². The van der Waals surface area contributed by atoms with Gasteiger partial charge >= 0.3 is 0 Å².